The maximum atomic E-state index is 13.1. The monoisotopic (exact) mass is 205 g/mol. The fourth-order valence-corrected chi connectivity index (χ4v) is 1.43. The van der Waals surface area contributed by atoms with E-state index in [0.29, 0.717) is 6.54 Å². The summed E-state index contributed by atoms with van der Waals surface area (Å²) in [6.07, 6.45) is 1.78. The highest BCUT2D eigenvalue weighted by molar-refractivity contribution is 5.39. The number of aryl methyl sites for hydroxylation is 1. The van der Waals surface area contributed by atoms with E-state index in [1.165, 1.54) is 12.1 Å². The van der Waals surface area contributed by atoms with Crippen molar-refractivity contribution in [3.63, 3.8) is 0 Å². The Kier molecular flexibility index (Phi) is 2.51. The van der Waals surface area contributed by atoms with Crippen LogP contribution >= 0.6 is 0 Å². The second kappa shape index (κ2) is 3.82. The van der Waals surface area contributed by atoms with Gasteiger partial charge in [0.15, 0.2) is 0 Å². The van der Waals surface area contributed by atoms with Crippen LogP contribution in [0, 0.1) is 12.7 Å². The van der Waals surface area contributed by atoms with Crippen molar-refractivity contribution in [2.45, 2.75) is 13.5 Å². The Hall–Kier alpha value is -1.68. The molecule has 0 fully saturated rings. The molecule has 15 heavy (non-hydrogen) atoms. The lowest BCUT2D eigenvalue weighted by molar-refractivity contribution is 0.624. The average Bonchev–Trinajstić information content (AvgIpc) is 2.70. The van der Waals surface area contributed by atoms with Gasteiger partial charge in [-0.3, -0.25) is 0 Å². The highest BCUT2D eigenvalue weighted by Crippen LogP contribution is 2.14. The molecule has 0 saturated carbocycles. The summed E-state index contributed by atoms with van der Waals surface area (Å²) >= 11 is 0. The molecule has 2 aromatic rings. The van der Waals surface area contributed by atoms with E-state index >= 15 is 0 Å². The van der Waals surface area contributed by atoms with Crippen molar-refractivity contribution in [2.24, 2.45) is 5.73 Å². The van der Waals surface area contributed by atoms with Crippen molar-refractivity contribution >= 4 is 0 Å². The van der Waals surface area contributed by atoms with Gasteiger partial charge in [-0.1, -0.05) is 6.07 Å². The minimum atomic E-state index is -0.264. The van der Waals surface area contributed by atoms with Gasteiger partial charge in [-0.25, -0.2) is 9.07 Å². The summed E-state index contributed by atoms with van der Waals surface area (Å²) in [5.74, 6) is -0.264. The van der Waals surface area contributed by atoms with E-state index in [9.17, 15) is 4.39 Å². The molecule has 1 aromatic carbocycles. The standard InChI is InChI=1S/C11H12FN3/c1-8-2-3-9(12)6-11(8)15-5-4-10(7-13)14-15/h2-6H,7,13H2,1H3. The molecule has 0 aliphatic carbocycles. The van der Waals surface area contributed by atoms with E-state index in [-0.39, 0.29) is 5.82 Å². The van der Waals surface area contributed by atoms with Crippen LogP contribution in [-0.4, -0.2) is 9.78 Å². The van der Waals surface area contributed by atoms with Gasteiger partial charge in [0.1, 0.15) is 5.82 Å². The molecular formula is C11H12FN3. The van der Waals surface area contributed by atoms with Gasteiger partial charge in [-0.15, -0.1) is 0 Å². The smallest absolute Gasteiger partial charge is 0.125 e. The Morgan fingerprint density at radius 3 is 2.87 bits per heavy atom. The SMILES string of the molecule is Cc1ccc(F)cc1-n1ccc(CN)n1. The summed E-state index contributed by atoms with van der Waals surface area (Å²) in [7, 11) is 0. The lowest BCUT2D eigenvalue weighted by atomic mass is 10.2. The average molecular weight is 205 g/mol. The largest absolute Gasteiger partial charge is 0.325 e. The van der Waals surface area contributed by atoms with Crippen molar-refractivity contribution in [3.05, 3.63) is 47.5 Å². The third-order valence-corrected chi connectivity index (χ3v) is 2.27. The number of hydrogen-bond acceptors (Lipinski definition) is 2. The quantitative estimate of drug-likeness (QED) is 0.812. The molecule has 0 aliphatic heterocycles. The molecule has 2 rings (SSSR count). The maximum Gasteiger partial charge on any atom is 0.125 e. The van der Waals surface area contributed by atoms with E-state index in [1.807, 2.05) is 13.0 Å². The van der Waals surface area contributed by atoms with Gasteiger partial charge in [0.05, 0.1) is 11.4 Å². The van der Waals surface area contributed by atoms with Crippen LogP contribution in [-0.2, 0) is 6.54 Å². The van der Waals surface area contributed by atoms with Crippen molar-refractivity contribution in [1.29, 1.82) is 0 Å². The Labute approximate surface area is 87.3 Å². The van der Waals surface area contributed by atoms with E-state index in [1.54, 1.807) is 16.9 Å². The number of rotatable bonds is 2. The van der Waals surface area contributed by atoms with Gasteiger partial charge >= 0.3 is 0 Å². The molecule has 0 bridgehead atoms. The summed E-state index contributed by atoms with van der Waals surface area (Å²) in [6, 6.07) is 6.45. The van der Waals surface area contributed by atoms with E-state index < -0.39 is 0 Å². The first-order valence-corrected chi connectivity index (χ1v) is 4.72. The third kappa shape index (κ3) is 1.89. The summed E-state index contributed by atoms with van der Waals surface area (Å²) < 4.78 is 14.7. The maximum absolute atomic E-state index is 13.1. The van der Waals surface area contributed by atoms with Crippen molar-refractivity contribution in [2.75, 3.05) is 0 Å². The van der Waals surface area contributed by atoms with Crippen LogP contribution in [0.5, 0.6) is 0 Å². The first-order chi connectivity index (χ1) is 7.20. The van der Waals surface area contributed by atoms with Crippen LogP contribution in [0.2, 0.25) is 0 Å². The zero-order valence-corrected chi connectivity index (χ0v) is 8.44. The fraction of sp³-hybridized carbons (Fsp3) is 0.182. The zero-order chi connectivity index (χ0) is 10.8. The summed E-state index contributed by atoms with van der Waals surface area (Å²) in [5, 5.41) is 4.23. The first kappa shape index (κ1) is 9.86. The number of hydrogen-bond donors (Lipinski definition) is 1. The lowest BCUT2D eigenvalue weighted by Crippen LogP contribution is -2.02. The van der Waals surface area contributed by atoms with Gasteiger partial charge in [0.2, 0.25) is 0 Å². The highest BCUT2D eigenvalue weighted by atomic mass is 19.1. The highest BCUT2D eigenvalue weighted by Gasteiger charge is 2.04. The Balaban J connectivity index is 2.48. The Bertz CT molecular complexity index is 476. The van der Waals surface area contributed by atoms with Crippen molar-refractivity contribution < 1.29 is 4.39 Å². The Morgan fingerprint density at radius 2 is 2.20 bits per heavy atom. The Morgan fingerprint density at radius 1 is 1.40 bits per heavy atom. The fourth-order valence-electron chi connectivity index (χ4n) is 1.43. The molecule has 1 aromatic heterocycles. The molecule has 0 spiro atoms. The molecule has 3 nitrogen and oxygen atoms in total. The minimum Gasteiger partial charge on any atom is -0.325 e. The van der Waals surface area contributed by atoms with Gasteiger partial charge < -0.3 is 5.73 Å². The molecule has 0 radical (unpaired) electrons. The van der Waals surface area contributed by atoms with Crippen LogP contribution in [0.15, 0.2) is 30.5 Å². The summed E-state index contributed by atoms with van der Waals surface area (Å²) in [5.41, 5.74) is 7.97. The molecule has 2 N–H and O–H groups in total. The molecular weight excluding hydrogens is 193 g/mol. The molecule has 4 heteroatoms. The van der Waals surface area contributed by atoms with E-state index in [0.717, 1.165) is 16.9 Å². The van der Waals surface area contributed by atoms with Crippen LogP contribution in [0.1, 0.15) is 11.3 Å². The number of halogens is 1. The summed E-state index contributed by atoms with van der Waals surface area (Å²) in [4.78, 5) is 0. The number of nitrogens with zero attached hydrogens (tertiary/aromatic N) is 2. The first-order valence-electron chi connectivity index (χ1n) is 4.72. The lowest BCUT2D eigenvalue weighted by Gasteiger charge is -2.05. The predicted molar refractivity (Wildman–Crippen MR) is 56.2 cm³/mol. The molecule has 0 amide bonds. The van der Waals surface area contributed by atoms with Crippen LogP contribution in [0.4, 0.5) is 4.39 Å². The van der Waals surface area contributed by atoms with Crippen LogP contribution in [0.3, 0.4) is 0 Å². The molecule has 78 valence electrons. The van der Waals surface area contributed by atoms with E-state index in [4.69, 9.17) is 5.73 Å². The molecule has 0 atom stereocenters. The second-order valence-corrected chi connectivity index (χ2v) is 3.39. The zero-order valence-electron chi connectivity index (χ0n) is 8.44. The molecule has 0 aliphatic rings. The van der Waals surface area contributed by atoms with Gasteiger partial charge in [0.25, 0.3) is 0 Å². The van der Waals surface area contributed by atoms with Crippen molar-refractivity contribution in [1.82, 2.24) is 9.78 Å². The normalized spacial score (nSPS) is 10.6. The topological polar surface area (TPSA) is 43.8 Å². The summed E-state index contributed by atoms with van der Waals surface area (Å²) in [6.45, 7) is 2.31. The van der Waals surface area contributed by atoms with Gasteiger partial charge in [-0.2, -0.15) is 5.10 Å². The van der Waals surface area contributed by atoms with Crippen LogP contribution in [0.25, 0.3) is 5.69 Å². The van der Waals surface area contributed by atoms with Gasteiger partial charge in [0, 0.05) is 12.7 Å². The van der Waals surface area contributed by atoms with Gasteiger partial charge in [-0.05, 0) is 30.7 Å². The van der Waals surface area contributed by atoms with Crippen molar-refractivity contribution in [3.8, 4) is 5.69 Å². The minimum absolute atomic E-state index is 0.264. The van der Waals surface area contributed by atoms with E-state index in [2.05, 4.69) is 5.10 Å². The molecule has 1 heterocycles. The third-order valence-electron chi connectivity index (χ3n) is 2.27. The molecule has 0 saturated heterocycles. The second-order valence-electron chi connectivity index (χ2n) is 3.39. The number of aromatic nitrogens is 2. The van der Waals surface area contributed by atoms with Crippen LogP contribution < -0.4 is 5.73 Å². The number of nitrogens with two attached hydrogens (primary N) is 1. The molecule has 0 unspecified atom stereocenters. The predicted octanol–water partition coefficient (Wildman–Crippen LogP) is 1.78. The number of benzene rings is 1.